The molecule has 0 saturated heterocycles. The molecule has 0 saturated carbocycles. The Labute approximate surface area is 140 Å². The van der Waals surface area contributed by atoms with E-state index in [1.54, 1.807) is 12.1 Å². The lowest BCUT2D eigenvalue weighted by molar-refractivity contribution is 0.0953. The van der Waals surface area contributed by atoms with Crippen LogP contribution in [0.5, 0.6) is 0 Å². The third-order valence-corrected chi connectivity index (χ3v) is 5.51. The summed E-state index contributed by atoms with van der Waals surface area (Å²) >= 11 is 1.49. The number of thiophene rings is 1. The van der Waals surface area contributed by atoms with Crippen LogP contribution in [0, 0.1) is 0 Å². The minimum Gasteiger partial charge on any atom is -0.352 e. The summed E-state index contributed by atoms with van der Waals surface area (Å²) in [6, 6.07) is 9.81. The molecule has 2 N–H and O–H groups in total. The van der Waals surface area contributed by atoms with E-state index in [0.29, 0.717) is 12.1 Å². The maximum Gasteiger partial charge on any atom is 0.251 e. The van der Waals surface area contributed by atoms with E-state index in [1.165, 1.54) is 23.5 Å². The Kier molecular flexibility index (Phi) is 6.32. The van der Waals surface area contributed by atoms with Gasteiger partial charge in [-0.1, -0.05) is 25.5 Å². The molecular weight excluding hydrogens is 332 g/mol. The molecule has 7 heteroatoms. The molecule has 1 heterocycles. The zero-order valence-corrected chi connectivity index (χ0v) is 14.5. The van der Waals surface area contributed by atoms with E-state index in [9.17, 15) is 13.2 Å². The highest BCUT2D eigenvalue weighted by Crippen LogP contribution is 2.14. The number of amides is 1. The minimum atomic E-state index is -3.64. The summed E-state index contributed by atoms with van der Waals surface area (Å²) in [6.07, 6.45) is 1.88. The summed E-state index contributed by atoms with van der Waals surface area (Å²) in [5.41, 5.74) is 0.347. The molecule has 0 aliphatic heterocycles. The van der Waals surface area contributed by atoms with Gasteiger partial charge in [0, 0.05) is 23.5 Å². The van der Waals surface area contributed by atoms with Gasteiger partial charge in [-0.3, -0.25) is 4.79 Å². The van der Waals surface area contributed by atoms with Crippen LogP contribution in [0.15, 0.2) is 46.7 Å². The van der Waals surface area contributed by atoms with Gasteiger partial charge < -0.3 is 5.32 Å². The number of carbonyl (C=O) groups excluding carboxylic acids is 1. The van der Waals surface area contributed by atoms with Crippen molar-refractivity contribution in [2.45, 2.75) is 31.2 Å². The number of nitrogens with one attached hydrogen (secondary N) is 2. The van der Waals surface area contributed by atoms with Crippen LogP contribution in [0.25, 0.3) is 0 Å². The monoisotopic (exact) mass is 352 g/mol. The standard InChI is InChI=1S/C16H20N2O3S2/c1-2-3-9-17-16(19)13-6-4-8-15(11-13)23(20,21)18-12-14-7-5-10-22-14/h4-8,10-11,18H,2-3,9,12H2,1H3,(H,17,19). The van der Waals surface area contributed by atoms with Crippen molar-refractivity contribution in [2.75, 3.05) is 6.54 Å². The highest BCUT2D eigenvalue weighted by Gasteiger charge is 2.16. The van der Waals surface area contributed by atoms with Gasteiger partial charge in [0.05, 0.1) is 4.90 Å². The summed E-state index contributed by atoms with van der Waals surface area (Å²) in [5.74, 6) is -0.256. The van der Waals surface area contributed by atoms with Crippen LogP contribution in [0.1, 0.15) is 35.0 Å². The number of benzene rings is 1. The first-order valence-corrected chi connectivity index (χ1v) is 9.79. The molecule has 1 aromatic carbocycles. The van der Waals surface area contributed by atoms with Gasteiger partial charge in [0.15, 0.2) is 0 Å². The van der Waals surface area contributed by atoms with Crippen molar-refractivity contribution in [2.24, 2.45) is 0 Å². The number of rotatable bonds is 8. The topological polar surface area (TPSA) is 75.3 Å². The molecule has 0 aliphatic carbocycles. The Morgan fingerprint density at radius 3 is 2.74 bits per heavy atom. The second-order valence-electron chi connectivity index (χ2n) is 5.04. The number of hydrogen-bond acceptors (Lipinski definition) is 4. The number of unbranched alkanes of at least 4 members (excludes halogenated alkanes) is 1. The Hall–Kier alpha value is -1.70. The van der Waals surface area contributed by atoms with E-state index >= 15 is 0 Å². The van der Waals surface area contributed by atoms with Gasteiger partial charge in [-0.05, 0) is 36.1 Å². The lowest BCUT2D eigenvalue weighted by Crippen LogP contribution is -2.26. The van der Waals surface area contributed by atoms with Crippen molar-refractivity contribution in [3.05, 3.63) is 52.2 Å². The highest BCUT2D eigenvalue weighted by atomic mass is 32.2. The minimum absolute atomic E-state index is 0.0946. The highest BCUT2D eigenvalue weighted by molar-refractivity contribution is 7.89. The van der Waals surface area contributed by atoms with E-state index in [0.717, 1.165) is 17.7 Å². The summed E-state index contributed by atoms with van der Waals surface area (Å²) in [5, 5.41) is 4.67. The molecule has 0 bridgehead atoms. The van der Waals surface area contributed by atoms with E-state index in [1.807, 2.05) is 24.4 Å². The summed E-state index contributed by atoms with van der Waals surface area (Å²) in [6.45, 7) is 2.87. The molecule has 0 spiro atoms. The zero-order chi connectivity index (χ0) is 16.7. The number of carbonyl (C=O) groups is 1. The fourth-order valence-corrected chi connectivity index (χ4v) is 3.74. The fraction of sp³-hybridized carbons (Fsp3) is 0.312. The molecule has 23 heavy (non-hydrogen) atoms. The van der Waals surface area contributed by atoms with Gasteiger partial charge in [0.25, 0.3) is 5.91 Å². The average molecular weight is 352 g/mol. The normalized spacial score (nSPS) is 11.3. The smallest absolute Gasteiger partial charge is 0.251 e. The van der Waals surface area contributed by atoms with E-state index < -0.39 is 10.0 Å². The van der Waals surface area contributed by atoms with Gasteiger partial charge >= 0.3 is 0 Å². The maximum atomic E-state index is 12.3. The first-order valence-electron chi connectivity index (χ1n) is 7.43. The van der Waals surface area contributed by atoms with Crippen LogP contribution in [0.3, 0.4) is 0 Å². The van der Waals surface area contributed by atoms with Crippen molar-refractivity contribution < 1.29 is 13.2 Å². The average Bonchev–Trinajstić information content (AvgIpc) is 3.07. The molecule has 0 fully saturated rings. The molecule has 1 aromatic heterocycles. The lowest BCUT2D eigenvalue weighted by Gasteiger charge is -2.08. The molecule has 0 atom stereocenters. The van der Waals surface area contributed by atoms with Gasteiger partial charge in [-0.2, -0.15) is 0 Å². The van der Waals surface area contributed by atoms with E-state index in [4.69, 9.17) is 0 Å². The van der Waals surface area contributed by atoms with Crippen LogP contribution in [-0.4, -0.2) is 20.9 Å². The molecule has 1 amide bonds. The van der Waals surface area contributed by atoms with Crippen LogP contribution in [-0.2, 0) is 16.6 Å². The largest absolute Gasteiger partial charge is 0.352 e. The predicted molar refractivity (Wildman–Crippen MR) is 92.0 cm³/mol. The molecule has 0 unspecified atom stereocenters. The van der Waals surface area contributed by atoms with Crippen molar-refractivity contribution in [3.63, 3.8) is 0 Å². The molecule has 0 aliphatic rings. The number of sulfonamides is 1. The first-order chi connectivity index (χ1) is 11.0. The molecule has 2 rings (SSSR count). The van der Waals surface area contributed by atoms with Crippen LogP contribution in [0.2, 0.25) is 0 Å². The van der Waals surface area contributed by atoms with E-state index in [2.05, 4.69) is 10.0 Å². The predicted octanol–water partition coefficient (Wildman–Crippen LogP) is 2.76. The molecule has 124 valence electrons. The molecular formula is C16H20N2O3S2. The lowest BCUT2D eigenvalue weighted by atomic mass is 10.2. The van der Waals surface area contributed by atoms with E-state index in [-0.39, 0.29) is 17.3 Å². The SMILES string of the molecule is CCCCNC(=O)c1cccc(S(=O)(=O)NCc2cccs2)c1. The van der Waals surface area contributed by atoms with Crippen molar-refractivity contribution in [1.82, 2.24) is 10.0 Å². The van der Waals surface area contributed by atoms with Crippen LogP contribution in [0.4, 0.5) is 0 Å². The van der Waals surface area contributed by atoms with Crippen molar-refractivity contribution in [3.8, 4) is 0 Å². The van der Waals surface area contributed by atoms with Crippen molar-refractivity contribution >= 4 is 27.3 Å². The third-order valence-electron chi connectivity index (χ3n) is 3.24. The van der Waals surface area contributed by atoms with Crippen LogP contribution < -0.4 is 10.0 Å². The Morgan fingerprint density at radius 2 is 2.04 bits per heavy atom. The second-order valence-corrected chi connectivity index (χ2v) is 7.84. The quantitative estimate of drug-likeness (QED) is 0.717. The fourth-order valence-electron chi connectivity index (χ4n) is 1.95. The summed E-state index contributed by atoms with van der Waals surface area (Å²) < 4.78 is 27.2. The first kappa shape index (κ1) is 17.7. The van der Waals surface area contributed by atoms with Crippen molar-refractivity contribution in [1.29, 1.82) is 0 Å². The molecule has 0 radical (unpaired) electrons. The summed E-state index contributed by atoms with van der Waals surface area (Å²) in [4.78, 5) is 13.0. The Bertz CT molecular complexity index is 740. The third kappa shape index (κ3) is 5.16. The molecule has 5 nitrogen and oxygen atoms in total. The Balaban J connectivity index is 2.06. The second kappa shape index (κ2) is 8.24. The van der Waals surface area contributed by atoms with Gasteiger partial charge in [-0.15, -0.1) is 11.3 Å². The number of hydrogen-bond donors (Lipinski definition) is 2. The van der Waals surface area contributed by atoms with Gasteiger partial charge in [0.1, 0.15) is 0 Å². The van der Waals surface area contributed by atoms with Crippen LogP contribution >= 0.6 is 11.3 Å². The van der Waals surface area contributed by atoms with Gasteiger partial charge in [-0.25, -0.2) is 13.1 Å². The Morgan fingerprint density at radius 1 is 1.22 bits per heavy atom. The molecule has 2 aromatic rings. The summed E-state index contributed by atoms with van der Waals surface area (Å²) in [7, 11) is -3.64. The maximum absolute atomic E-state index is 12.3. The van der Waals surface area contributed by atoms with Gasteiger partial charge in [0.2, 0.25) is 10.0 Å². The zero-order valence-electron chi connectivity index (χ0n) is 12.9.